The van der Waals surface area contributed by atoms with Crippen molar-refractivity contribution in [3.63, 3.8) is 0 Å². The lowest BCUT2D eigenvalue weighted by Gasteiger charge is -2.10. The van der Waals surface area contributed by atoms with Crippen LogP contribution >= 0.6 is 0 Å². The van der Waals surface area contributed by atoms with Gasteiger partial charge in [-0.25, -0.2) is 0 Å². The van der Waals surface area contributed by atoms with Crippen LogP contribution < -0.4 is 5.73 Å². The molecule has 0 saturated carbocycles. The lowest BCUT2D eigenvalue weighted by atomic mass is 10.0. The Morgan fingerprint density at radius 3 is 2.88 bits per heavy atom. The molecule has 1 unspecified atom stereocenters. The fourth-order valence-corrected chi connectivity index (χ4v) is 2.61. The molecule has 88 valence electrons. The van der Waals surface area contributed by atoms with Crippen LogP contribution in [0, 0.1) is 0 Å². The smallest absolute Gasteiger partial charge is 0.120 e. The summed E-state index contributed by atoms with van der Waals surface area (Å²) in [5.74, 6) is 0.866. The number of hydrogen-bond donors (Lipinski definition) is 1. The second kappa shape index (κ2) is 4.38. The van der Waals surface area contributed by atoms with Gasteiger partial charge in [-0.2, -0.15) is 0 Å². The predicted octanol–water partition coefficient (Wildman–Crippen LogP) is 3.01. The van der Waals surface area contributed by atoms with Crippen molar-refractivity contribution >= 4 is 0 Å². The van der Waals surface area contributed by atoms with Gasteiger partial charge < -0.3 is 10.2 Å². The van der Waals surface area contributed by atoms with E-state index in [0.29, 0.717) is 0 Å². The average Bonchev–Trinajstić information content (AvgIpc) is 2.99. The summed E-state index contributed by atoms with van der Waals surface area (Å²) in [6.45, 7) is 0. The molecule has 0 spiro atoms. The van der Waals surface area contributed by atoms with Crippen molar-refractivity contribution in [1.29, 1.82) is 0 Å². The van der Waals surface area contributed by atoms with Crippen molar-refractivity contribution in [1.82, 2.24) is 0 Å². The van der Waals surface area contributed by atoms with Crippen LogP contribution in [0.1, 0.15) is 34.9 Å². The Kier molecular flexibility index (Phi) is 2.73. The Balaban J connectivity index is 1.77. The molecule has 0 aliphatic heterocycles. The minimum Gasteiger partial charge on any atom is -0.468 e. The Hall–Kier alpha value is -1.54. The largest absolute Gasteiger partial charge is 0.468 e. The fourth-order valence-electron chi connectivity index (χ4n) is 2.61. The lowest BCUT2D eigenvalue weighted by Crippen LogP contribution is -2.12. The molecule has 1 aromatic carbocycles. The van der Waals surface area contributed by atoms with Crippen LogP contribution in [0.4, 0.5) is 0 Å². The zero-order chi connectivity index (χ0) is 11.7. The van der Waals surface area contributed by atoms with E-state index in [4.69, 9.17) is 10.2 Å². The number of furan rings is 1. The van der Waals surface area contributed by atoms with E-state index < -0.39 is 0 Å². The zero-order valence-electron chi connectivity index (χ0n) is 9.86. The first-order valence-electron chi connectivity index (χ1n) is 6.22. The van der Waals surface area contributed by atoms with Crippen molar-refractivity contribution in [2.24, 2.45) is 5.73 Å². The maximum atomic E-state index is 6.12. The molecule has 2 aromatic rings. The van der Waals surface area contributed by atoms with Gasteiger partial charge in [0.25, 0.3) is 0 Å². The first-order valence-corrected chi connectivity index (χ1v) is 6.22. The van der Waals surface area contributed by atoms with Crippen LogP contribution in [0.5, 0.6) is 0 Å². The van der Waals surface area contributed by atoms with E-state index in [1.165, 1.54) is 36.0 Å². The normalized spacial score (nSPS) is 15.8. The third-order valence-electron chi connectivity index (χ3n) is 3.53. The minimum absolute atomic E-state index is 0.0375. The number of hydrogen-bond acceptors (Lipinski definition) is 2. The van der Waals surface area contributed by atoms with Gasteiger partial charge in [-0.05, 0) is 54.5 Å². The Bertz CT molecular complexity index is 502. The van der Waals surface area contributed by atoms with Crippen LogP contribution in [-0.2, 0) is 19.3 Å². The van der Waals surface area contributed by atoms with Crippen molar-refractivity contribution in [3.8, 4) is 0 Å². The second-order valence-electron chi connectivity index (χ2n) is 4.78. The van der Waals surface area contributed by atoms with Crippen LogP contribution in [0.3, 0.4) is 0 Å². The quantitative estimate of drug-likeness (QED) is 0.875. The highest BCUT2D eigenvalue weighted by atomic mass is 16.3. The highest BCUT2D eigenvalue weighted by molar-refractivity contribution is 5.35. The number of rotatable bonds is 3. The Morgan fingerprint density at radius 2 is 2.06 bits per heavy atom. The summed E-state index contributed by atoms with van der Waals surface area (Å²) in [5, 5.41) is 0. The molecule has 1 heterocycles. The SMILES string of the molecule is NC(Cc1ccc2c(c1)CCC2)c1ccco1. The maximum Gasteiger partial charge on any atom is 0.120 e. The predicted molar refractivity (Wildman–Crippen MR) is 67.8 cm³/mol. The molecule has 1 atom stereocenters. The maximum absolute atomic E-state index is 6.12. The summed E-state index contributed by atoms with van der Waals surface area (Å²) in [5.41, 5.74) is 10.5. The molecule has 17 heavy (non-hydrogen) atoms. The highest BCUT2D eigenvalue weighted by Crippen LogP contribution is 2.25. The van der Waals surface area contributed by atoms with E-state index in [-0.39, 0.29) is 6.04 Å². The molecular weight excluding hydrogens is 210 g/mol. The number of fused-ring (bicyclic) bond motifs is 1. The lowest BCUT2D eigenvalue weighted by molar-refractivity contribution is 0.464. The molecule has 0 bridgehead atoms. The van der Waals surface area contributed by atoms with Gasteiger partial charge in [0.05, 0.1) is 12.3 Å². The van der Waals surface area contributed by atoms with E-state index >= 15 is 0 Å². The van der Waals surface area contributed by atoms with E-state index in [2.05, 4.69) is 18.2 Å². The molecule has 0 amide bonds. The molecule has 0 radical (unpaired) electrons. The van der Waals surface area contributed by atoms with E-state index in [0.717, 1.165) is 12.2 Å². The molecule has 2 N–H and O–H groups in total. The van der Waals surface area contributed by atoms with E-state index in [1.54, 1.807) is 6.26 Å². The fraction of sp³-hybridized carbons (Fsp3) is 0.333. The minimum atomic E-state index is -0.0375. The number of aryl methyl sites for hydroxylation is 2. The van der Waals surface area contributed by atoms with Crippen LogP contribution in [-0.4, -0.2) is 0 Å². The third kappa shape index (κ3) is 2.13. The van der Waals surface area contributed by atoms with Gasteiger partial charge in [0.15, 0.2) is 0 Å². The van der Waals surface area contributed by atoms with Crippen LogP contribution in [0.2, 0.25) is 0 Å². The molecule has 2 heteroatoms. The van der Waals surface area contributed by atoms with Gasteiger partial charge >= 0.3 is 0 Å². The standard InChI is InChI=1S/C15H17NO/c16-14(15-5-2-8-17-15)10-11-6-7-12-3-1-4-13(12)9-11/h2,5-9,14H,1,3-4,10,16H2. The van der Waals surface area contributed by atoms with Gasteiger partial charge in [0, 0.05) is 0 Å². The Morgan fingerprint density at radius 1 is 1.18 bits per heavy atom. The van der Waals surface area contributed by atoms with Crippen molar-refractivity contribution in [2.75, 3.05) is 0 Å². The number of nitrogens with two attached hydrogens (primary N) is 1. The van der Waals surface area contributed by atoms with Gasteiger partial charge in [0.2, 0.25) is 0 Å². The molecular formula is C15H17NO. The van der Waals surface area contributed by atoms with Crippen LogP contribution in [0.15, 0.2) is 41.0 Å². The average molecular weight is 227 g/mol. The monoisotopic (exact) mass is 227 g/mol. The second-order valence-corrected chi connectivity index (χ2v) is 4.78. The summed E-state index contributed by atoms with van der Waals surface area (Å²) in [4.78, 5) is 0. The summed E-state index contributed by atoms with van der Waals surface area (Å²) < 4.78 is 5.34. The summed E-state index contributed by atoms with van der Waals surface area (Å²) >= 11 is 0. The van der Waals surface area contributed by atoms with Crippen LogP contribution in [0.25, 0.3) is 0 Å². The molecule has 1 aliphatic carbocycles. The van der Waals surface area contributed by atoms with Crippen molar-refractivity contribution in [2.45, 2.75) is 31.7 Å². The van der Waals surface area contributed by atoms with Crippen molar-refractivity contribution < 1.29 is 4.42 Å². The topological polar surface area (TPSA) is 39.2 Å². The van der Waals surface area contributed by atoms with Crippen molar-refractivity contribution in [3.05, 3.63) is 59.0 Å². The first kappa shape index (κ1) is 10.6. The summed E-state index contributed by atoms with van der Waals surface area (Å²) in [7, 11) is 0. The molecule has 1 aromatic heterocycles. The van der Waals surface area contributed by atoms with Gasteiger partial charge in [0.1, 0.15) is 5.76 Å². The zero-order valence-corrected chi connectivity index (χ0v) is 9.86. The molecule has 3 rings (SSSR count). The Labute approximate surface area is 101 Å². The van der Waals surface area contributed by atoms with E-state index in [1.807, 2.05) is 12.1 Å². The van der Waals surface area contributed by atoms with E-state index in [9.17, 15) is 0 Å². The first-order chi connectivity index (χ1) is 8.33. The summed E-state index contributed by atoms with van der Waals surface area (Å²) in [6.07, 6.45) is 6.28. The highest BCUT2D eigenvalue weighted by Gasteiger charge is 2.13. The van der Waals surface area contributed by atoms with Gasteiger partial charge in [-0.3, -0.25) is 0 Å². The third-order valence-corrected chi connectivity index (χ3v) is 3.53. The molecule has 0 saturated heterocycles. The van der Waals surface area contributed by atoms with Gasteiger partial charge in [-0.1, -0.05) is 18.2 Å². The summed E-state index contributed by atoms with van der Waals surface area (Å²) in [6, 6.07) is 10.6. The van der Waals surface area contributed by atoms with Gasteiger partial charge in [-0.15, -0.1) is 0 Å². The molecule has 1 aliphatic rings. The number of benzene rings is 1. The molecule has 2 nitrogen and oxygen atoms in total. The molecule has 0 fully saturated rings.